The van der Waals surface area contributed by atoms with E-state index in [2.05, 4.69) is 32.0 Å². The normalized spacial score (nSPS) is 10.1. The predicted octanol–water partition coefficient (Wildman–Crippen LogP) is 5.42. The van der Waals surface area contributed by atoms with E-state index in [1.165, 1.54) is 5.56 Å². The third-order valence-corrected chi connectivity index (χ3v) is 4.03. The van der Waals surface area contributed by atoms with Crippen LogP contribution in [-0.2, 0) is 6.42 Å². The lowest BCUT2D eigenvalue weighted by molar-refractivity contribution is 0.479. The number of nitrogens with zero attached hydrogens (tertiary/aromatic N) is 1. The molecule has 2 aromatic rings. The summed E-state index contributed by atoms with van der Waals surface area (Å²) >= 11 is 1.66. The van der Waals surface area contributed by atoms with Crippen LogP contribution in [0.5, 0.6) is 11.5 Å². The van der Waals surface area contributed by atoms with Gasteiger partial charge in [-0.25, -0.2) is 0 Å². The third kappa shape index (κ3) is 4.03. The number of ether oxygens (including phenoxy) is 1. The van der Waals surface area contributed by atoms with Crippen molar-refractivity contribution >= 4 is 11.8 Å². The highest BCUT2D eigenvalue weighted by molar-refractivity contribution is 7.99. The molecule has 0 N–H and O–H groups in total. The van der Waals surface area contributed by atoms with Gasteiger partial charge in [0.25, 0.3) is 0 Å². The van der Waals surface area contributed by atoms with E-state index >= 15 is 0 Å². The van der Waals surface area contributed by atoms with Gasteiger partial charge in [-0.05, 0) is 42.0 Å². The molecule has 108 valence electrons. The summed E-state index contributed by atoms with van der Waals surface area (Å²) in [4.78, 5) is 0.972. The number of hydrogen-bond acceptors (Lipinski definition) is 3. The van der Waals surface area contributed by atoms with Crippen molar-refractivity contribution < 1.29 is 4.74 Å². The maximum absolute atomic E-state index is 9.37. The topological polar surface area (TPSA) is 33.0 Å². The summed E-state index contributed by atoms with van der Waals surface area (Å²) in [5, 5.41) is 9.37. The highest BCUT2D eigenvalue weighted by atomic mass is 32.2. The second-order valence-corrected chi connectivity index (χ2v) is 5.98. The zero-order chi connectivity index (χ0) is 15.1. The largest absolute Gasteiger partial charge is 0.456 e. The average molecular weight is 297 g/mol. The Hall–Kier alpha value is -1.92. The van der Waals surface area contributed by atoms with Gasteiger partial charge in [0.2, 0.25) is 0 Å². The first-order valence-corrected chi connectivity index (χ1v) is 8.19. The molecule has 2 aromatic carbocycles. The minimum absolute atomic E-state index is 0.613. The van der Waals surface area contributed by atoms with E-state index in [4.69, 9.17) is 4.74 Å². The van der Waals surface area contributed by atoms with Crippen LogP contribution in [0.2, 0.25) is 0 Å². The van der Waals surface area contributed by atoms with Crippen LogP contribution in [0, 0.1) is 11.3 Å². The minimum atomic E-state index is 0.613. The van der Waals surface area contributed by atoms with E-state index in [1.54, 1.807) is 11.8 Å². The smallest absolute Gasteiger partial charge is 0.146 e. The van der Waals surface area contributed by atoms with Crippen molar-refractivity contribution in [2.75, 3.05) is 5.75 Å². The van der Waals surface area contributed by atoms with Crippen LogP contribution in [0.15, 0.2) is 47.4 Å². The summed E-state index contributed by atoms with van der Waals surface area (Å²) < 4.78 is 5.88. The molecule has 0 spiro atoms. The highest BCUT2D eigenvalue weighted by Crippen LogP contribution is 2.32. The Morgan fingerprint density at radius 2 is 1.86 bits per heavy atom. The fourth-order valence-electron chi connectivity index (χ4n) is 2.12. The SMILES string of the molecule is CCCc1ccc(Oc2cccc(SCC)c2C#N)cc1. The summed E-state index contributed by atoms with van der Waals surface area (Å²) in [6, 6.07) is 16.1. The second kappa shape index (κ2) is 7.75. The average Bonchev–Trinajstić information content (AvgIpc) is 2.50. The molecule has 2 nitrogen and oxygen atoms in total. The van der Waals surface area contributed by atoms with Gasteiger partial charge in [0, 0.05) is 4.90 Å². The van der Waals surface area contributed by atoms with Gasteiger partial charge in [0.05, 0.1) is 0 Å². The Morgan fingerprint density at radius 3 is 2.48 bits per heavy atom. The lowest BCUT2D eigenvalue weighted by Crippen LogP contribution is -1.91. The Kier molecular flexibility index (Phi) is 5.71. The number of thioether (sulfide) groups is 1. The molecule has 0 aliphatic carbocycles. The van der Waals surface area contributed by atoms with E-state index in [1.807, 2.05) is 30.3 Å². The van der Waals surface area contributed by atoms with Gasteiger partial charge in [-0.1, -0.05) is 38.5 Å². The van der Waals surface area contributed by atoms with Crippen LogP contribution in [0.3, 0.4) is 0 Å². The predicted molar refractivity (Wildman–Crippen MR) is 88.1 cm³/mol. The number of aryl methyl sites for hydroxylation is 1. The molecule has 0 unspecified atom stereocenters. The number of rotatable bonds is 6. The first-order chi connectivity index (χ1) is 10.3. The molecule has 0 aromatic heterocycles. The zero-order valence-corrected chi connectivity index (χ0v) is 13.2. The molecule has 0 radical (unpaired) electrons. The summed E-state index contributed by atoms with van der Waals surface area (Å²) in [5.41, 5.74) is 1.92. The molecule has 0 heterocycles. The molecule has 3 heteroatoms. The molecule has 0 bridgehead atoms. The number of benzene rings is 2. The molecule has 0 saturated carbocycles. The Bertz CT molecular complexity index is 629. The van der Waals surface area contributed by atoms with Gasteiger partial charge in [0.1, 0.15) is 23.1 Å². The van der Waals surface area contributed by atoms with E-state index < -0.39 is 0 Å². The molecule has 0 fully saturated rings. The lowest BCUT2D eigenvalue weighted by Gasteiger charge is -2.10. The van der Waals surface area contributed by atoms with Crippen LogP contribution in [-0.4, -0.2) is 5.75 Å². The monoisotopic (exact) mass is 297 g/mol. The van der Waals surface area contributed by atoms with Crippen molar-refractivity contribution in [1.29, 1.82) is 5.26 Å². The summed E-state index contributed by atoms with van der Waals surface area (Å²) in [6.07, 6.45) is 2.21. The lowest BCUT2D eigenvalue weighted by atomic mass is 10.1. The van der Waals surface area contributed by atoms with Gasteiger partial charge in [-0.3, -0.25) is 0 Å². The third-order valence-electron chi connectivity index (χ3n) is 3.09. The molecule has 0 amide bonds. The fourth-order valence-corrected chi connectivity index (χ4v) is 2.90. The maximum Gasteiger partial charge on any atom is 0.146 e. The van der Waals surface area contributed by atoms with E-state index in [0.29, 0.717) is 11.3 Å². The van der Waals surface area contributed by atoms with E-state index in [0.717, 1.165) is 29.2 Å². The standard InChI is InChI=1S/C18H19NOS/c1-3-6-14-9-11-15(12-10-14)20-17-7-5-8-18(21-4-2)16(17)13-19/h5,7-12H,3-4,6H2,1-2H3. The van der Waals surface area contributed by atoms with E-state index in [-0.39, 0.29) is 0 Å². The zero-order valence-electron chi connectivity index (χ0n) is 12.4. The molecule has 0 aliphatic heterocycles. The van der Waals surface area contributed by atoms with Crippen LogP contribution in [0.25, 0.3) is 0 Å². The molecular weight excluding hydrogens is 278 g/mol. The molecule has 0 aliphatic rings. The van der Waals surface area contributed by atoms with Crippen molar-refractivity contribution in [3.05, 3.63) is 53.6 Å². The first kappa shape index (κ1) is 15.5. The van der Waals surface area contributed by atoms with Crippen molar-refractivity contribution in [2.24, 2.45) is 0 Å². The van der Waals surface area contributed by atoms with Gasteiger partial charge in [0.15, 0.2) is 0 Å². The van der Waals surface area contributed by atoms with Crippen LogP contribution < -0.4 is 4.74 Å². The van der Waals surface area contributed by atoms with Crippen molar-refractivity contribution in [3.8, 4) is 17.6 Å². The molecule has 21 heavy (non-hydrogen) atoms. The summed E-state index contributed by atoms with van der Waals surface area (Å²) in [6.45, 7) is 4.24. The van der Waals surface area contributed by atoms with Crippen LogP contribution in [0.4, 0.5) is 0 Å². The van der Waals surface area contributed by atoms with Gasteiger partial charge >= 0.3 is 0 Å². The van der Waals surface area contributed by atoms with Gasteiger partial charge < -0.3 is 4.74 Å². The minimum Gasteiger partial charge on any atom is -0.456 e. The Morgan fingerprint density at radius 1 is 1.10 bits per heavy atom. The summed E-state index contributed by atoms with van der Waals surface area (Å²) in [5.74, 6) is 2.33. The van der Waals surface area contributed by atoms with E-state index in [9.17, 15) is 5.26 Å². The van der Waals surface area contributed by atoms with Crippen molar-refractivity contribution in [3.63, 3.8) is 0 Å². The highest BCUT2D eigenvalue weighted by Gasteiger charge is 2.10. The van der Waals surface area contributed by atoms with Gasteiger partial charge in [-0.15, -0.1) is 11.8 Å². The summed E-state index contributed by atoms with van der Waals surface area (Å²) in [7, 11) is 0. The maximum atomic E-state index is 9.37. The number of nitriles is 1. The Labute approximate surface area is 130 Å². The second-order valence-electron chi connectivity index (χ2n) is 4.67. The van der Waals surface area contributed by atoms with Crippen molar-refractivity contribution in [2.45, 2.75) is 31.6 Å². The van der Waals surface area contributed by atoms with Crippen molar-refractivity contribution in [1.82, 2.24) is 0 Å². The molecular formula is C18H19NOS. The van der Waals surface area contributed by atoms with Crippen LogP contribution >= 0.6 is 11.8 Å². The molecule has 2 rings (SSSR count). The quantitative estimate of drug-likeness (QED) is 0.668. The Balaban J connectivity index is 2.23. The number of hydrogen-bond donors (Lipinski definition) is 0. The fraction of sp³-hybridized carbons (Fsp3) is 0.278. The van der Waals surface area contributed by atoms with Gasteiger partial charge in [-0.2, -0.15) is 5.26 Å². The molecule has 0 atom stereocenters. The van der Waals surface area contributed by atoms with Crippen LogP contribution in [0.1, 0.15) is 31.4 Å². The first-order valence-electron chi connectivity index (χ1n) is 7.21. The molecule has 0 saturated heterocycles.